The van der Waals surface area contributed by atoms with Crippen molar-refractivity contribution in [3.05, 3.63) is 118 Å². The molecule has 0 saturated heterocycles. The van der Waals surface area contributed by atoms with E-state index in [4.69, 9.17) is 9.15 Å². The van der Waals surface area contributed by atoms with Crippen LogP contribution in [-0.2, 0) is 16.9 Å². The van der Waals surface area contributed by atoms with Crippen molar-refractivity contribution in [3.63, 3.8) is 0 Å². The van der Waals surface area contributed by atoms with Crippen LogP contribution in [0.3, 0.4) is 0 Å². The van der Waals surface area contributed by atoms with Gasteiger partial charge in [0.05, 0.1) is 23.7 Å². The Morgan fingerprint density at radius 2 is 1.81 bits per heavy atom. The largest absolute Gasteiger partial charge is 0.497 e. The molecule has 0 aliphatic carbocycles. The highest BCUT2D eigenvalue weighted by Gasteiger charge is 2.64. The zero-order valence-electron chi connectivity index (χ0n) is 19.9. The minimum absolute atomic E-state index is 0.0131. The molecule has 37 heavy (non-hydrogen) atoms. The van der Waals surface area contributed by atoms with E-state index in [2.05, 4.69) is 6.58 Å². The molecule has 0 N–H and O–H groups in total. The number of carbonyl (C=O) groups is 2. The molecule has 0 bridgehead atoms. The van der Waals surface area contributed by atoms with Gasteiger partial charge in [0.1, 0.15) is 17.1 Å². The smallest absolute Gasteiger partial charge is 0.291 e. The second-order valence-electron chi connectivity index (χ2n) is 8.95. The second-order valence-corrected chi connectivity index (χ2v) is 8.95. The van der Waals surface area contributed by atoms with Crippen LogP contribution >= 0.6 is 0 Å². The lowest BCUT2D eigenvalue weighted by Gasteiger charge is -2.34. The molecule has 3 heterocycles. The summed E-state index contributed by atoms with van der Waals surface area (Å²) in [5, 5.41) is -0.0373. The highest BCUT2D eigenvalue weighted by atomic mass is 19.1. The number of amides is 2. The Labute approximate surface area is 211 Å². The molecule has 0 saturated carbocycles. The lowest BCUT2D eigenvalue weighted by atomic mass is 9.83. The van der Waals surface area contributed by atoms with Crippen molar-refractivity contribution in [1.29, 1.82) is 0 Å². The Morgan fingerprint density at radius 3 is 2.54 bits per heavy atom. The molecule has 1 atom stereocenters. The summed E-state index contributed by atoms with van der Waals surface area (Å²) in [7, 11) is 1.55. The van der Waals surface area contributed by atoms with Gasteiger partial charge in [0.2, 0.25) is 5.76 Å². The van der Waals surface area contributed by atoms with Gasteiger partial charge in [-0.05, 0) is 42.0 Å². The normalized spacial score (nSPS) is 18.0. The first-order chi connectivity index (χ1) is 17.9. The van der Waals surface area contributed by atoms with Crippen LogP contribution in [0, 0.1) is 5.82 Å². The molecular weight excluding hydrogens is 475 g/mol. The predicted molar refractivity (Wildman–Crippen MR) is 135 cm³/mol. The average molecular weight is 496 g/mol. The predicted octanol–water partition coefficient (Wildman–Crippen LogP) is 4.37. The molecule has 3 aromatic carbocycles. The maximum absolute atomic E-state index is 14.4. The van der Waals surface area contributed by atoms with Gasteiger partial charge in [-0.1, -0.05) is 36.4 Å². The first-order valence-corrected chi connectivity index (χ1v) is 11.7. The monoisotopic (exact) mass is 496 g/mol. The SMILES string of the molecule is C=CCN1C(=O)C2(c3ccccc31)c1c(oc3ccc(F)cc3c1=O)C(=O)N2Cc1ccc(OC)cc1. The van der Waals surface area contributed by atoms with Crippen molar-refractivity contribution in [1.82, 2.24) is 4.90 Å². The van der Waals surface area contributed by atoms with E-state index >= 15 is 0 Å². The number of anilines is 1. The third-order valence-electron chi connectivity index (χ3n) is 7.01. The van der Waals surface area contributed by atoms with E-state index in [1.807, 2.05) is 0 Å². The molecular formula is C29H21FN2O5. The van der Waals surface area contributed by atoms with Gasteiger partial charge in [0.15, 0.2) is 11.0 Å². The minimum Gasteiger partial charge on any atom is -0.497 e. The van der Waals surface area contributed by atoms with Crippen LogP contribution in [0.4, 0.5) is 10.1 Å². The van der Waals surface area contributed by atoms with Crippen molar-refractivity contribution in [3.8, 4) is 5.75 Å². The molecule has 1 aromatic heterocycles. The van der Waals surface area contributed by atoms with Gasteiger partial charge in [0, 0.05) is 18.7 Å². The van der Waals surface area contributed by atoms with Gasteiger partial charge < -0.3 is 19.0 Å². The Bertz CT molecular complexity index is 1680. The van der Waals surface area contributed by atoms with Gasteiger partial charge in [-0.3, -0.25) is 14.4 Å². The molecule has 4 aromatic rings. The van der Waals surface area contributed by atoms with E-state index in [0.29, 0.717) is 17.0 Å². The Morgan fingerprint density at radius 1 is 1.05 bits per heavy atom. The number of methoxy groups -OCH3 is 1. The highest BCUT2D eigenvalue weighted by Crippen LogP contribution is 2.53. The van der Waals surface area contributed by atoms with Gasteiger partial charge in [-0.25, -0.2) is 4.39 Å². The van der Waals surface area contributed by atoms with E-state index < -0.39 is 28.6 Å². The number of nitrogens with zero attached hydrogens (tertiary/aromatic N) is 2. The fraction of sp³-hybridized carbons (Fsp3) is 0.138. The summed E-state index contributed by atoms with van der Waals surface area (Å²) in [6.07, 6.45) is 1.58. The third kappa shape index (κ3) is 3.02. The molecule has 6 rings (SSSR count). The lowest BCUT2D eigenvalue weighted by Crippen LogP contribution is -2.53. The highest BCUT2D eigenvalue weighted by molar-refractivity contribution is 6.17. The third-order valence-corrected chi connectivity index (χ3v) is 7.01. The molecule has 2 aliphatic rings. The Kier molecular flexibility index (Phi) is 5.01. The number of hydrogen-bond acceptors (Lipinski definition) is 5. The van der Waals surface area contributed by atoms with Gasteiger partial charge in [0.25, 0.3) is 11.8 Å². The first-order valence-electron chi connectivity index (χ1n) is 11.7. The van der Waals surface area contributed by atoms with E-state index in [1.54, 1.807) is 61.7 Å². The zero-order chi connectivity index (χ0) is 25.9. The summed E-state index contributed by atoms with van der Waals surface area (Å²) in [6.45, 7) is 3.95. The molecule has 1 spiro atoms. The summed E-state index contributed by atoms with van der Waals surface area (Å²) >= 11 is 0. The van der Waals surface area contributed by atoms with Crippen LogP contribution in [0.15, 0.2) is 88.6 Å². The summed E-state index contributed by atoms with van der Waals surface area (Å²) in [5.41, 5.74) is -0.680. The lowest BCUT2D eigenvalue weighted by molar-refractivity contribution is -0.126. The number of fused-ring (bicyclic) bond motifs is 5. The van der Waals surface area contributed by atoms with Crippen molar-refractivity contribution in [2.45, 2.75) is 12.1 Å². The van der Waals surface area contributed by atoms with E-state index in [1.165, 1.54) is 15.9 Å². The Hall–Kier alpha value is -4.72. The van der Waals surface area contributed by atoms with E-state index in [9.17, 15) is 18.8 Å². The maximum Gasteiger partial charge on any atom is 0.291 e. The number of hydrogen-bond donors (Lipinski definition) is 0. The molecule has 1 unspecified atom stereocenters. The van der Waals surface area contributed by atoms with Gasteiger partial charge in [-0.2, -0.15) is 0 Å². The van der Waals surface area contributed by atoms with Crippen LogP contribution in [0.25, 0.3) is 11.0 Å². The van der Waals surface area contributed by atoms with Crippen molar-refractivity contribution in [2.75, 3.05) is 18.6 Å². The zero-order valence-corrected chi connectivity index (χ0v) is 19.9. The molecule has 184 valence electrons. The van der Waals surface area contributed by atoms with Crippen LogP contribution in [0.1, 0.15) is 27.2 Å². The maximum atomic E-state index is 14.4. The van der Waals surface area contributed by atoms with Crippen molar-refractivity contribution < 1.29 is 23.1 Å². The molecule has 8 heteroatoms. The number of halogens is 1. The van der Waals surface area contributed by atoms with Crippen LogP contribution < -0.4 is 15.1 Å². The molecule has 0 fully saturated rings. The van der Waals surface area contributed by atoms with Gasteiger partial charge in [-0.15, -0.1) is 6.58 Å². The van der Waals surface area contributed by atoms with Crippen molar-refractivity contribution >= 4 is 28.5 Å². The van der Waals surface area contributed by atoms with E-state index in [-0.39, 0.29) is 35.4 Å². The number of ether oxygens (including phenoxy) is 1. The minimum atomic E-state index is -1.78. The number of para-hydroxylation sites is 1. The molecule has 2 amide bonds. The van der Waals surface area contributed by atoms with E-state index in [0.717, 1.165) is 17.7 Å². The van der Waals surface area contributed by atoms with Crippen LogP contribution in [0.5, 0.6) is 5.75 Å². The number of benzene rings is 3. The van der Waals surface area contributed by atoms with Crippen molar-refractivity contribution in [2.24, 2.45) is 0 Å². The fourth-order valence-electron chi connectivity index (χ4n) is 5.41. The summed E-state index contributed by atoms with van der Waals surface area (Å²) in [4.78, 5) is 45.2. The average Bonchev–Trinajstić information content (AvgIpc) is 3.30. The van der Waals surface area contributed by atoms with Crippen LogP contribution in [0.2, 0.25) is 0 Å². The summed E-state index contributed by atoms with van der Waals surface area (Å²) in [6, 6.07) is 17.7. The fourth-order valence-corrected chi connectivity index (χ4v) is 5.41. The number of rotatable bonds is 5. The van der Waals surface area contributed by atoms with Gasteiger partial charge >= 0.3 is 0 Å². The Balaban J connectivity index is 1.67. The topological polar surface area (TPSA) is 80.1 Å². The van der Waals surface area contributed by atoms with Crippen LogP contribution in [-0.4, -0.2) is 30.4 Å². The summed E-state index contributed by atoms with van der Waals surface area (Å²) in [5.74, 6) is -1.28. The second kappa shape index (κ2) is 8.16. The molecule has 7 nitrogen and oxygen atoms in total. The number of carbonyl (C=O) groups excluding carboxylic acids is 2. The summed E-state index contributed by atoms with van der Waals surface area (Å²) < 4.78 is 25.3. The molecule has 2 aliphatic heterocycles. The molecule has 0 radical (unpaired) electrons. The standard InChI is InChI=1S/C29H21FN2O5/c1-3-14-31-22-7-5-4-6-21(22)29(28(31)35)24-25(33)20-15-18(30)10-13-23(20)37-26(24)27(34)32(29)16-17-8-11-19(36-2)12-9-17/h3-13,15H,1,14,16H2,2H3. The first kappa shape index (κ1) is 22.7. The quantitative estimate of drug-likeness (QED) is 0.384.